The topological polar surface area (TPSA) is 149 Å². The van der Waals surface area contributed by atoms with Crippen LogP contribution in [0.15, 0.2) is 11.8 Å². The molecule has 11 heteroatoms. The summed E-state index contributed by atoms with van der Waals surface area (Å²) in [6.45, 7) is 3.06. The van der Waals surface area contributed by atoms with Gasteiger partial charge in [-0.15, -0.1) is 0 Å². The van der Waals surface area contributed by atoms with E-state index in [1.54, 1.807) is 7.05 Å². The normalized spacial score (nSPS) is 23.4. The maximum absolute atomic E-state index is 12.0. The molecule has 0 aromatic heterocycles. The van der Waals surface area contributed by atoms with Crippen LogP contribution in [-0.2, 0) is 38.1 Å². The molecule has 0 radical (unpaired) electrons. The third kappa shape index (κ3) is 6.50. The number of aliphatic hydroxyl groups excluding tert-OH is 1. The number of carbonyl (C=O) groups excluding carboxylic acids is 4. The molecular formula is C17H26N2O9. The third-order valence-electron chi connectivity index (χ3n) is 3.89. The Labute approximate surface area is 162 Å². The van der Waals surface area contributed by atoms with Crippen LogP contribution in [-0.4, -0.2) is 80.1 Å². The lowest BCUT2D eigenvalue weighted by Gasteiger charge is -2.41. The van der Waals surface area contributed by atoms with E-state index < -0.39 is 60.8 Å². The Bertz CT molecular complexity index is 634. The number of hydrogen-bond acceptors (Lipinski definition) is 10. The van der Waals surface area contributed by atoms with Crippen LogP contribution >= 0.6 is 0 Å². The zero-order valence-electron chi connectivity index (χ0n) is 16.4. The van der Waals surface area contributed by atoms with Gasteiger partial charge in [0.25, 0.3) is 0 Å². The van der Waals surface area contributed by atoms with Crippen molar-refractivity contribution in [3.8, 4) is 0 Å². The largest absolute Gasteiger partial charge is 0.477 e. The van der Waals surface area contributed by atoms with Gasteiger partial charge in [0, 0.05) is 20.8 Å². The van der Waals surface area contributed by atoms with Crippen molar-refractivity contribution >= 4 is 23.8 Å². The Kier molecular flexibility index (Phi) is 8.86. The Morgan fingerprint density at radius 3 is 2.32 bits per heavy atom. The molecule has 0 aromatic carbocycles. The predicted octanol–water partition coefficient (Wildman–Crippen LogP) is -1.61. The highest BCUT2D eigenvalue weighted by molar-refractivity contribution is 5.86. The molecule has 0 saturated carbocycles. The van der Waals surface area contributed by atoms with Gasteiger partial charge in [-0.05, 0) is 13.1 Å². The van der Waals surface area contributed by atoms with Crippen molar-refractivity contribution in [1.82, 2.24) is 10.6 Å². The third-order valence-corrected chi connectivity index (χ3v) is 3.89. The molecule has 0 fully saturated rings. The first kappa shape index (κ1) is 23.4. The molecule has 5 atom stereocenters. The molecule has 1 aliphatic rings. The molecule has 158 valence electrons. The number of carbonyl (C=O) groups is 4. The average Bonchev–Trinajstić information content (AvgIpc) is 2.63. The number of hydrogen-bond donors (Lipinski definition) is 3. The van der Waals surface area contributed by atoms with E-state index in [9.17, 15) is 24.3 Å². The van der Waals surface area contributed by atoms with Crippen LogP contribution < -0.4 is 10.6 Å². The zero-order valence-corrected chi connectivity index (χ0v) is 16.4. The second kappa shape index (κ2) is 10.6. The van der Waals surface area contributed by atoms with Crippen LogP contribution in [0.25, 0.3) is 0 Å². The van der Waals surface area contributed by atoms with Gasteiger partial charge in [0.2, 0.25) is 11.7 Å². The molecule has 1 rings (SSSR count). The lowest BCUT2D eigenvalue weighted by molar-refractivity contribution is -0.175. The van der Waals surface area contributed by atoms with Crippen LogP contribution in [0.3, 0.4) is 0 Å². The highest BCUT2D eigenvalue weighted by Gasteiger charge is 2.46. The van der Waals surface area contributed by atoms with Crippen LogP contribution in [0, 0.1) is 0 Å². The zero-order chi connectivity index (χ0) is 21.4. The SMILES string of the molecule is CNC1C=C(C(=O)OC)OC(C(OC(C)=O)C(O)COC(C)=O)C1NC(C)=O. The predicted molar refractivity (Wildman–Crippen MR) is 93.6 cm³/mol. The van der Waals surface area contributed by atoms with Crippen LogP contribution in [0.4, 0.5) is 0 Å². The quantitative estimate of drug-likeness (QED) is 0.320. The first-order chi connectivity index (χ1) is 13.1. The summed E-state index contributed by atoms with van der Waals surface area (Å²) < 4.78 is 20.3. The van der Waals surface area contributed by atoms with Gasteiger partial charge in [0.15, 0.2) is 12.2 Å². The minimum absolute atomic E-state index is 0.190. The molecule has 11 nitrogen and oxygen atoms in total. The van der Waals surface area contributed by atoms with E-state index in [0.29, 0.717) is 0 Å². The molecule has 1 heterocycles. The molecule has 5 unspecified atom stereocenters. The van der Waals surface area contributed by atoms with Gasteiger partial charge in [0.1, 0.15) is 12.7 Å². The highest BCUT2D eigenvalue weighted by Crippen LogP contribution is 2.25. The fourth-order valence-electron chi connectivity index (χ4n) is 2.74. The first-order valence-corrected chi connectivity index (χ1v) is 8.50. The van der Waals surface area contributed by atoms with Crippen molar-refractivity contribution < 1.29 is 43.2 Å². The second-order valence-corrected chi connectivity index (χ2v) is 6.09. The molecule has 3 N–H and O–H groups in total. The van der Waals surface area contributed by atoms with Crippen LogP contribution in [0.2, 0.25) is 0 Å². The van der Waals surface area contributed by atoms with Gasteiger partial charge >= 0.3 is 17.9 Å². The fourth-order valence-corrected chi connectivity index (χ4v) is 2.74. The number of rotatable bonds is 8. The summed E-state index contributed by atoms with van der Waals surface area (Å²) in [5.41, 5.74) is 0. The molecule has 28 heavy (non-hydrogen) atoms. The molecule has 0 bridgehead atoms. The summed E-state index contributed by atoms with van der Waals surface area (Å²) in [6.07, 6.45) is -2.62. The minimum atomic E-state index is -1.48. The second-order valence-electron chi connectivity index (χ2n) is 6.09. The smallest absolute Gasteiger partial charge is 0.373 e. The molecule has 1 aliphatic heterocycles. The number of likely N-dealkylation sites (N-methyl/N-ethyl adjacent to an activating group) is 1. The average molecular weight is 402 g/mol. The van der Waals surface area contributed by atoms with E-state index in [1.807, 2.05) is 0 Å². The maximum atomic E-state index is 12.0. The van der Waals surface area contributed by atoms with Gasteiger partial charge in [-0.25, -0.2) is 4.79 Å². The van der Waals surface area contributed by atoms with E-state index in [0.717, 1.165) is 21.0 Å². The van der Waals surface area contributed by atoms with Crippen molar-refractivity contribution in [1.29, 1.82) is 0 Å². The summed E-state index contributed by atoms with van der Waals surface area (Å²) in [6, 6.07) is -1.44. The van der Waals surface area contributed by atoms with Crippen molar-refractivity contribution in [2.24, 2.45) is 0 Å². The number of nitrogens with one attached hydrogen (secondary N) is 2. The van der Waals surface area contributed by atoms with Gasteiger partial charge in [-0.3, -0.25) is 14.4 Å². The molecule has 0 saturated heterocycles. The van der Waals surface area contributed by atoms with E-state index >= 15 is 0 Å². The van der Waals surface area contributed by atoms with E-state index in [1.165, 1.54) is 13.0 Å². The summed E-state index contributed by atoms with van der Waals surface area (Å²) in [5.74, 6) is -2.78. The standard InChI is InChI=1S/C17H26N2O9/c1-8(20)19-14-11(18-4)6-13(17(24)25-5)28-16(14)15(27-10(3)22)12(23)7-26-9(2)21/h6,11-12,14-16,18,23H,7H2,1-5H3,(H,19,20). The van der Waals surface area contributed by atoms with E-state index in [2.05, 4.69) is 15.4 Å². The molecule has 0 aliphatic carbocycles. The lowest BCUT2D eigenvalue weighted by atomic mass is 9.92. The van der Waals surface area contributed by atoms with Crippen molar-refractivity contribution in [3.63, 3.8) is 0 Å². The van der Waals surface area contributed by atoms with Crippen molar-refractivity contribution in [2.45, 2.75) is 51.2 Å². The molecule has 1 amide bonds. The van der Waals surface area contributed by atoms with Crippen molar-refractivity contribution in [3.05, 3.63) is 11.8 Å². The number of esters is 3. The number of methoxy groups -OCH3 is 1. The maximum Gasteiger partial charge on any atom is 0.373 e. The Balaban J connectivity index is 3.30. The Hall–Kier alpha value is -2.66. The number of amides is 1. The summed E-state index contributed by atoms with van der Waals surface area (Å²) in [5, 5.41) is 16.0. The van der Waals surface area contributed by atoms with Crippen LogP contribution in [0.5, 0.6) is 0 Å². The Morgan fingerprint density at radius 1 is 1.21 bits per heavy atom. The Morgan fingerprint density at radius 2 is 1.86 bits per heavy atom. The molecule has 0 spiro atoms. The first-order valence-electron chi connectivity index (χ1n) is 8.50. The highest BCUT2D eigenvalue weighted by atomic mass is 16.6. The molecular weight excluding hydrogens is 376 g/mol. The number of aliphatic hydroxyl groups is 1. The van der Waals surface area contributed by atoms with Gasteiger partial charge in [0.05, 0.1) is 19.2 Å². The van der Waals surface area contributed by atoms with E-state index in [-0.39, 0.29) is 5.76 Å². The minimum Gasteiger partial charge on any atom is -0.477 e. The monoisotopic (exact) mass is 402 g/mol. The van der Waals surface area contributed by atoms with Gasteiger partial charge < -0.3 is 34.7 Å². The van der Waals surface area contributed by atoms with Crippen molar-refractivity contribution in [2.75, 3.05) is 20.8 Å². The summed E-state index contributed by atoms with van der Waals surface area (Å²) in [4.78, 5) is 46.3. The summed E-state index contributed by atoms with van der Waals surface area (Å²) >= 11 is 0. The van der Waals surface area contributed by atoms with Gasteiger partial charge in [-0.1, -0.05) is 0 Å². The lowest BCUT2D eigenvalue weighted by Crippen LogP contribution is -2.63. The number of ether oxygens (including phenoxy) is 4. The van der Waals surface area contributed by atoms with Gasteiger partial charge in [-0.2, -0.15) is 0 Å². The van der Waals surface area contributed by atoms with Crippen LogP contribution in [0.1, 0.15) is 20.8 Å². The molecule has 0 aromatic rings. The fraction of sp³-hybridized carbons (Fsp3) is 0.647. The summed E-state index contributed by atoms with van der Waals surface area (Å²) in [7, 11) is 2.75. The van der Waals surface area contributed by atoms with E-state index in [4.69, 9.17) is 14.2 Å².